The molecule has 2 unspecified atom stereocenters. The molecule has 3 aromatic rings. The van der Waals surface area contributed by atoms with Gasteiger partial charge < -0.3 is 39.6 Å². The first-order valence-corrected chi connectivity index (χ1v) is 17.5. The van der Waals surface area contributed by atoms with E-state index in [0.29, 0.717) is 41.2 Å². The molecule has 5 heterocycles. The highest BCUT2D eigenvalue weighted by molar-refractivity contribution is 5.98. The number of aromatic amines is 3. The lowest BCUT2D eigenvalue weighted by Gasteiger charge is -2.37. The number of aliphatic carboxylic acids is 1. The van der Waals surface area contributed by atoms with Gasteiger partial charge in [0.25, 0.3) is 0 Å². The second kappa shape index (κ2) is 14.6. The third-order valence-corrected chi connectivity index (χ3v) is 10.9. The van der Waals surface area contributed by atoms with Gasteiger partial charge in [-0.25, -0.2) is 4.79 Å². The maximum absolute atomic E-state index is 13.7. The minimum atomic E-state index is -1.37. The summed E-state index contributed by atoms with van der Waals surface area (Å²) in [6.45, 7) is 14.2. The van der Waals surface area contributed by atoms with E-state index in [4.69, 9.17) is 14.2 Å². The molecule has 0 saturated carbocycles. The lowest BCUT2D eigenvalue weighted by atomic mass is 9.63. The lowest BCUT2D eigenvalue weighted by molar-refractivity contribution is -0.148. The predicted octanol–water partition coefficient (Wildman–Crippen LogP) is 4.32. The Morgan fingerprint density at radius 2 is 1.39 bits per heavy atom. The van der Waals surface area contributed by atoms with Gasteiger partial charge in [0.2, 0.25) is 0 Å². The lowest BCUT2D eigenvalue weighted by Crippen LogP contribution is -2.41. The number of fused-ring (bicyclic) bond motifs is 11. The van der Waals surface area contributed by atoms with Crippen LogP contribution in [0.1, 0.15) is 69.0 Å². The zero-order valence-corrected chi connectivity index (χ0v) is 31.2. The van der Waals surface area contributed by atoms with Gasteiger partial charge in [-0.1, -0.05) is 30.9 Å². The number of esters is 3. The van der Waals surface area contributed by atoms with Gasteiger partial charge >= 0.3 is 23.9 Å². The van der Waals surface area contributed by atoms with E-state index in [0.717, 1.165) is 55.5 Å². The summed E-state index contributed by atoms with van der Waals surface area (Å²) in [6.07, 6.45) is 15.3. The molecule has 6 rings (SSSR count). The SMILES string of the molecule is C=Cc1c2[nH]c(c1C)C=C1NC(=Cc3[nH]c(c(CCC(=O)OC)c3C)C=c3[nH]c(c(C)c3CCC(=O)OC)=C2)C2(C=C)C1=CC=C(C(=O)O)C2C(=O)OC. The molecule has 2 aliphatic heterocycles. The van der Waals surface area contributed by atoms with E-state index in [-0.39, 0.29) is 30.4 Å². The van der Waals surface area contributed by atoms with Crippen LogP contribution in [-0.2, 0) is 46.2 Å². The maximum Gasteiger partial charge on any atom is 0.332 e. The summed E-state index contributed by atoms with van der Waals surface area (Å²) in [7, 11) is 3.94. The summed E-state index contributed by atoms with van der Waals surface area (Å²) in [5, 5.41) is 15.5. The highest BCUT2D eigenvalue weighted by atomic mass is 16.5. The Balaban J connectivity index is 1.73. The van der Waals surface area contributed by atoms with Gasteiger partial charge in [-0.3, -0.25) is 14.4 Å². The Hall–Kier alpha value is -6.30. The molecule has 0 aromatic carbocycles. The Labute approximate surface area is 312 Å². The number of carbonyl (C=O) groups is 4. The van der Waals surface area contributed by atoms with Crippen molar-refractivity contribution in [3.05, 3.63) is 121 Å². The Morgan fingerprint density at radius 3 is 2.00 bits per heavy atom. The summed E-state index contributed by atoms with van der Waals surface area (Å²) in [5.74, 6) is -3.97. The normalized spacial score (nSPS) is 18.3. The standard InChI is InChI=1S/C42H44N4O8/c1-9-24-21(3)30-18-35-28-14-11-27(40(49)50)39(41(51)54-8)42(28,10-2)36(46-35)20-31-23(5)26(13-16-38(48)53-7)34(45-31)19-33-25(12-15-37(47)52-6)22(4)29(44-33)17-32(24)43-30/h9-11,14,17-20,39,43-46H,1-2,12-13,15-16H2,3-8H3,(H,49,50). The fraction of sp³-hybridized carbons (Fsp3) is 0.286. The first-order chi connectivity index (χ1) is 25.8. The van der Waals surface area contributed by atoms with Crippen molar-refractivity contribution in [2.45, 2.75) is 46.5 Å². The number of nitrogens with one attached hydrogen (secondary N) is 4. The van der Waals surface area contributed by atoms with E-state index in [1.54, 1.807) is 18.2 Å². The first kappa shape index (κ1) is 37.5. The molecular formula is C42H44N4O8. The molecule has 2 atom stereocenters. The Morgan fingerprint density at radius 1 is 0.759 bits per heavy atom. The fourth-order valence-electron chi connectivity index (χ4n) is 7.92. The number of hydrogen-bond acceptors (Lipinski definition) is 8. The van der Waals surface area contributed by atoms with Gasteiger partial charge in [-0.2, -0.15) is 0 Å². The van der Waals surface area contributed by atoms with Crippen LogP contribution in [0.15, 0.2) is 53.9 Å². The van der Waals surface area contributed by atoms with E-state index in [9.17, 15) is 24.3 Å². The molecule has 12 heteroatoms. The van der Waals surface area contributed by atoms with E-state index in [1.165, 1.54) is 27.4 Å². The van der Waals surface area contributed by atoms with Crippen molar-refractivity contribution in [1.82, 2.24) is 20.3 Å². The van der Waals surface area contributed by atoms with Crippen LogP contribution in [0.3, 0.4) is 0 Å². The fourth-order valence-corrected chi connectivity index (χ4v) is 7.92. The maximum atomic E-state index is 13.7. The van der Waals surface area contributed by atoms with E-state index in [2.05, 4.69) is 33.4 Å². The van der Waals surface area contributed by atoms with Crippen molar-refractivity contribution in [3.8, 4) is 0 Å². The number of ether oxygens (including phenoxy) is 3. The number of carbonyl (C=O) groups excluding carboxylic acids is 3. The number of hydrogen-bond donors (Lipinski definition) is 5. The van der Waals surface area contributed by atoms with Crippen molar-refractivity contribution in [3.63, 3.8) is 0 Å². The van der Waals surface area contributed by atoms with Crippen LogP contribution in [0, 0.1) is 32.1 Å². The number of carboxylic acid groups (broad SMARTS) is 1. The van der Waals surface area contributed by atoms with Crippen LogP contribution >= 0.6 is 0 Å². The quantitative estimate of drug-likeness (QED) is 0.116. The summed E-state index contributed by atoms with van der Waals surface area (Å²) in [4.78, 5) is 61.8. The second-order valence-corrected chi connectivity index (χ2v) is 13.5. The van der Waals surface area contributed by atoms with E-state index < -0.39 is 23.3 Å². The molecule has 1 saturated heterocycles. The van der Waals surface area contributed by atoms with E-state index >= 15 is 0 Å². The molecular weight excluding hydrogens is 688 g/mol. The molecule has 280 valence electrons. The molecule has 3 aromatic heterocycles. The van der Waals surface area contributed by atoms with Gasteiger partial charge in [0.05, 0.1) is 32.3 Å². The molecule has 0 amide bonds. The number of H-pyrrole nitrogens is 3. The smallest absolute Gasteiger partial charge is 0.332 e. The van der Waals surface area contributed by atoms with Gasteiger partial charge in [0.1, 0.15) is 5.92 Å². The van der Waals surface area contributed by atoms with Crippen molar-refractivity contribution < 1.29 is 38.5 Å². The van der Waals surface area contributed by atoms with Crippen LogP contribution < -0.4 is 16.0 Å². The van der Waals surface area contributed by atoms with Crippen LogP contribution in [-0.4, -0.2) is 65.3 Å². The number of aromatic nitrogens is 3. The summed E-state index contributed by atoms with van der Waals surface area (Å²) < 4.78 is 15.2. The van der Waals surface area contributed by atoms with Crippen LogP contribution in [0.4, 0.5) is 0 Å². The molecule has 54 heavy (non-hydrogen) atoms. The average molecular weight is 733 g/mol. The minimum absolute atomic E-state index is 0.119. The molecule has 3 aliphatic rings. The number of methoxy groups -OCH3 is 3. The van der Waals surface area contributed by atoms with Gasteiger partial charge in [-0.15, -0.1) is 6.58 Å². The third-order valence-electron chi connectivity index (χ3n) is 10.9. The zero-order chi connectivity index (χ0) is 39.1. The van der Waals surface area contributed by atoms with Crippen LogP contribution in [0.5, 0.6) is 0 Å². The molecule has 12 nitrogen and oxygen atoms in total. The van der Waals surface area contributed by atoms with Crippen molar-refractivity contribution in [2.24, 2.45) is 11.3 Å². The van der Waals surface area contributed by atoms with Gasteiger partial charge in [-0.05, 0) is 91.3 Å². The summed E-state index contributed by atoms with van der Waals surface area (Å²) in [5.41, 5.74) is 8.52. The summed E-state index contributed by atoms with van der Waals surface area (Å²) >= 11 is 0. The molecule has 1 fully saturated rings. The topological polar surface area (TPSA) is 176 Å². The van der Waals surface area contributed by atoms with Crippen molar-refractivity contribution in [1.29, 1.82) is 0 Å². The predicted molar refractivity (Wildman–Crippen MR) is 205 cm³/mol. The van der Waals surface area contributed by atoms with Gasteiger partial charge in [0.15, 0.2) is 0 Å². The molecule has 8 bridgehead atoms. The van der Waals surface area contributed by atoms with Crippen molar-refractivity contribution >= 4 is 54.3 Å². The summed E-state index contributed by atoms with van der Waals surface area (Å²) in [6, 6.07) is 0. The molecule has 0 radical (unpaired) electrons. The second-order valence-electron chi connectivity index (χ2n) is 13.5. The minimum Gasteiger partial charge on any atom is -0.478 e. The third kappa shape index (κ3) is 6.17. The first-order valence-electron chi connectivity index (χ1n) is 17.5. The van der Waals surface area contributed by atoms with Crippen molar-refractivity contribution in [2.75, 3.05) is 21.3 Å². The number of allylic oxidation sites excluding steroid dienone is 4. The Bertz CT molecular complexity index is 2390. The highest BCUT2D eigenvalue weighted by Crippen LogP contribution is 2.56. The van der Waals surface area contributed by atoms with Crippen LogP contribution in [0.25, 0.3) is 30.4 Å². The Kier molecular flexibility index (Phi) is 10.1. The van der Waals surface area contributed by atoms with E-state index in [1.807, 2.05) is 45.1 Å². The van der Waals surface area contributed by atoms with Crippen LogP contribution in [0.2, 0.25) is 0 Å². The average Bonchev–Trinajstić information content (AvgIpc) is 3.83. The zero-order valence-electron chi connectivity index (χ0n) is 31.2. The van der Waals surface area contributed by atoms with Gasteiger partial charge in [0, 0.05) is 63.3 Å². The highest BCUT2D eigenvalue weighted by Gasteiger charge is 2.56. The molecule has 5 N–H and O–H groups in total. The monoisotopic (exact) mass is 732 g/mol. The number of rotatable bonds is 10. The molecule has 1 aliphatic carbocycles. The largest absolute Gasteiger partial charge is 0.478 e. The molecule has 0 spiro atoms. The number of carboxylic acids is 1.